The molecule has 0 radical (unpaired) electrons. The van der Waals surface area contributed by atoms with Crippen molar-refractivity contribution >= 4 is 21.8 Å². The number of halogens is 2. The number of nitrogens with one attached hydrogen (secondary N) is 1. The second kappa shape index (κ2) is 5.80. The first kappa shape index (κ1) is 12.1. The SMILES string of the molecule is CC(CBr)CNC(=O)c1cncc(F)c1. The third-order valence-corrected chi connectivity index (χ3v) is 2.95. The topological polar surface area (TPSA) is 42.0 Å². The van der Waals surface area contributed by atoms with Crippen molar-refractivity contribution in [2.75, 3.05) is 11.9 Å². The van der Waals surface area contributed by atoms with Crippen LogP contribution in [0.4, 0.5) is 4.39 Å². The molecule has 0 aliphatic carbocycles. The Morgan fingerprint density at radius 1 is 1.67 bits per heavy atom. The number of alkyl halides is 1. The van der Waals surface area contributed by atoms with Crippen LogP contribution in [0.1, 0.15) is 17.3 Å². The first-order valence-electron chi connectivity index (χ1n) is 4.58. The normalized spacial score (nSPS) is 12.2. The van der Waals surface area contributed by atoms with Gasteiger partial charge in [0.1, 0.15) is 5.82 Å². The smallest absolute Gasteiger partial charge is 0.252 e. The van der Waals surface area contributed by atoms with Crippen molar-refractivity contribution in [3.63, 3.8) is 0 Å². The molecule has 3 nitrogen and oxygen atoms in total. The van der Waals surface area contributed by atoms with E-state index in [0.717, 1.165) is 11.5 Å². The number of rotatable bonds is 4. The lowest BCUT2D eigenvalue weighted by molar-refractivity contribution is 0.0948. The molecule has 1 amide bonds. The lowest BCUT2D eigenvalue weighted by Gasteiger charge is -2.09. The summed E-state index contributed by atoms with van der Waals surface area (Å²) < 4.78 is 12.7. The molecule has 0 saturated carbocycles. The molecule has 1 N–H and O–H groups in total. The summed E-state index contributed by atoms with van der Waals surface area (Å²) >= 11 is 3.31. The monoisotopic (exact) mass is 274 g/mol. The summed E-state index contributed by atoms with van der Waals surface area (Å²) in [5.41, 5.74) is 0.247. The Hall–Kier alpha value is -0.970. The summed E-state index contributed by atoms with van der Waals surface area (Å²) in [6.45, 7) is 2.56. The van der Waals surface area contributed by atoms with Crippen molar-refractivity contribution in [3.05, 3.63) is 29.8 Å². The molecule has 0 spiro atoms. The van der Waals surface area contributed by atoms with E-state index in [1.165, 1.54) is 12.3 Å². The maximum absolute atomic E-state index is 12.7. The lowest BCUT2D eigenvalue weighted by atomic mass is 10.2. The summed E-state index contributed by atoms with van der Waals surface area (Å²) in [6.07, 6.45) is 2.41. The van der Waals surface area contributed by atoms with Gasteiger partial charge >= 0.3 is 0 Å². The zero-order valence-corrected chi connectivity index (χ0v) is 9.92. The van der Waals surface area contributed by atoms with E-state index in [1.54, 1.807) is 0 Å². The second-order valence-corrected chi connectivity index (χ2v) is 4.01. The number of aromatic nitrogens is 1. The zero-order chi connectivity index (χ0) is 11.3. The predicted octanol–water partition coefficient (Wildman–Crippen LogP) is 1.98. The first-order valence-corrected chi connectivity index (χ1v) is 5.70. The predicted molar refractivity (Wildman–Crippen MR) is 59.5 cm³/mol. The molecule has 1 heterocycles. The van der Waals surface area contributed by atoms with Gasteiger partial charge in [0, 0.05) is 18.1 Å². The van der Waals surface area contributed by atoms with Crippen LogP contribution in [0.5, 0.6) is 0 Å². The molecule has 1 unspecified atom stereocenters. The summed E-state index contributed by atoms with van der Waals surface area (Å²) in [4.78, 5) is 15.1. The molecule has 0 aliphatic rings. The van der Waals surface area contributed by atoms with Gasteiger partial charge in [-0.3, -0.25) is 9.78 Å². The third-order valence-electron chi connectivity index (χ3n) is 1.84. The van der Waals surface area contributed by atoms with Gasteiger partial charge in [-0.2, -0.15) is 0 Å². The van der Waals surface area contributed by atoms with Crippen molar-refractivity contribution in [3.8, 4) is 0 Å². The number of nitrogens with zero attached hydrogens (tertiary/aromatic N) is 1. The molecule has 0 bridgehead atoms. The van der Waals surface area contributed by atoms with E-state index < -0.39 is 5.82 Å². The highest BCUT2D eigenvalue weighted by Crippen LogP contribution is 2.02. The van der Waals surface area contributed by atoms with Crippen LogP contribution >= 0.6 is 15.9 Å². The highest BCUT2D eigenvalue weighted by atomic mass is 79.9. The van der Waals surface area contributed by atoms with Crippen LogP contribution < -0.4 is 5.32 Å². The van der Waals surface area contributed by atoms with E-state index >= 15 is 0 Å². The molecule has 0 fully saturated rings. The van der Waals surface area contributed by atoms with Crippen molar-refractivity contribution < 1.29 is 9.18 Å². The first-order chi connectivity index (χ1) is 7.13. The molecule has 1 aromatic heterocycles. The molecule has 0 aromatic carbocycles. The van der Waals surface area contributed by atoms with Crippen molar-refractivity contribution in [1.82, 2.24) is 10.3 Å². The van der Waals surface area contributed by atoms with Crippen LogP contribution in [0, 0.1) is 11.7 Å². The molecule has 82 valence electrons. The standard InChI is InChI=1S/C10H12BrFN2O/c1-7(3-11)4-14-10(15)8-2-9(12)6-13-5-8/h2,5-7H,3-4H2,1H3,(H,14,15). The summed E-state index contributed by atoms with van der Waals surface area (Å²) in [5, 5.41) is 3.52. The fourth-order valence-electron chi connectivity index (χ4n) is 0.960. The summed E-state index contributed by atoms with van der Waals surface area (Å²) in [5.74, 6) is -0.457. The molecule has 5 heteroatoms. The average Bonchev–Trinajstić information content (AvgIpc) is 2.25. The van der Waals surface area contributed by atoms with E-state index in [2.05, 4.69) is 26.2 Å². The summed E-state index contributed by atoms with van der Waals surface area (Å²) in [6, 6.07) is 1.17. The molecule has 1 aromatic rings. The molecular weight excluding hydrogens is 263 g/mol. The third kappa shape index (κ3) is 3.95. The van der Waals surface area contributed by atoms with Gasteiger partial charge < -0.3 is 5.32 Å². The van der Waals surface area contributed by atoms with Crippen LogP contribution in [-0.2, 0) is 0 Å². The minimum atomic E-state index is -0.504. The number of hydrogen-bond donors (Lipinski definition) is 1. The minimum Gasteiger partial charge on any atom is -0.352 e. The Balaban J connectivity index is 2.54. The number of carbonyl (C=O) groups is 1. The van der Waals surface area contributed by atoms with E-state index in [0.29, 0.717) is 12.5 Å². The van der Waals surface area contributed by atoms with Gasteiger partial charge in [0.15, 0.2) is 0 Å². The molecule has 0 aliphatic heterocycles. The quantitative estimate of drug-likeness (QED) is 0.854. The van der Waals surface area contributed by atoms with Crippen LogP contribution in [-0.4, -0.2) is 22.8 Å². The molecule has 15 heavy (non-hydrogen) atoms. The largest absolute Gasteiger partial charge is 0.352 e. The number of pyridine rings is 1. The van der Waals surface area contributed by atoms with Crippen LogP contribution in [0.15, 0.2) is 18.5 Å². The Bertz CT molecular complexity index is 346. The summed E-state index contributed by atoms with van der Waals surface area (Å²) in [7, 11) is 0. The van der Waals surface area contributed by atoms with Gasteiger partial charge in [-0.05, 0) is 12.0 Å². The van der Waals surface area contributed by atoms with Crippen LogP contribution in [0.3, 0.4) is 0 Å². The molecular formula is C10H12BrFN2O. The van der Waals surface area contributed by atoms with Gasteiger partial charge in [-0.15, -0.1) is 0 Å². The number of hydrogen-bond acceptors (Lipinski definition) is 2. The van der Waals surface area contributed by atoms with Gasteiger partial charge in [0.2, 0.25) is 0 Å². The van der Waals surface area contributed by atoms with Gasteiger partial charge in [-0.25, -0.2) is 4.39 Å². The molecule has 1 rings (SSSR count). The Kier molecular flexibility index (Phi) is 4.68. The van der Waals surface area contributed by atoms with E-state index in [9.17, 15) is 9.18 Å². The maximum atomic E-state index is 12.7. The van der Waals surface area contributed by atoms with Gasteiger partial charge in [0.25, 0.3) is 5.91 Å². The fourth-order valence-corrected chi connectivity index (χ4v) is 1.19. The van der Waals surface area contributed by atoms with Crippen LogP contribution in [0.2, 0.25) is 0 Å². The zero-order valence-electron chi connectivity index (χ0n) is 8.34. The van der Waals surface area contributed by atoms with E-state index in [1.807, 2.05) is 6.92 Å². The molecule has 0 saturated heterocycles. The highest BCUT2D eigenvalue weighted by molar-refractivity contribution is 9.09. The Morgan fingerprint density at radius 3 is 3.00 bits per heavy atom. The maximum Gasteiger partial charge on any atom is 0.252 e. The van der Waals surface area contributed by atoms with Gasteiger partial charge in [0.05, 0.1) is 11.8 Å². The number of amides is 1. The van der Waals surface area contributed by atoms with Crippen molar-refractivity contribution in [2.45, 2.75) is 6.92 Å². The van der Waals surface area contributed by atoms with Gasteiger partial charge in [-0.1, -0.05) is 22.9 Å². The highest BCUT2D eigenvalue weighted by Gasteiger charge is 2.08. The van der Waals surface area contributed by atoms with Crippen LogP contribution in [0.25, 0.3) is 0 Å². The second-order valence-electron chi connectivity index (χ2n) is 3.36. The molecule has 1 atom stereocenters. The Labute approximate surface area is 96.2 Å². The lowest BCUT2D eigenvalue weighted by Crippen LogP contribution is -2.28. The fraction of sp³-hybridized carbons (Fsp3) is 0.400. The Morgan fingerprint density at radius 2 is 2.40 bits per heavy atom. The minimum absolute atomic E-state index is 0.247. The number of carbonyl (C=O) groups excluding carboxylic acids is 1. The van der Waals surface area contributed by atoms with Crippen molar-refractivity contribution in [1.29, 1.82) is 0 Å². The van der Waals surface area contributed by atoms with Crippen molar-refractivity contribution in [2.24, 2.45) is 5.92 Å². The van der Waals surface area contributed by atoms with E-state index in [4.69, 9.17) is 0 Å². The average molecular weight is 275 g/mol. The van der Waals surface area contributed by atoms with E-state index in [-0.39, 0.29) is 11.5 Å².